The molecule has 1 aromatic rings. The van der Waals surface area contributed by atoms with Crippen LogP contribution < -0.4 is 5.32 Å². The van der Waals surface area contributed by atoms with E-state index in [0.717, 1.165) is 18.9 Å². The molecule has 2 rings (SSSR count). The summed E-state index contributed by atoms with van der Waals surface area (Å²) in [5, 5.41) is 3.13. The maximum absolute atomic E-state index is 12.4. The molecule has 0 radical (unpaired) electrons. The van der Waals surface area contributed by atoms with Gasteiger partial charge in [-0.25, -0.2) is 4.98 Å². The summed E-state index contributed by atoms with van der Waals surface area (Å²) in [7, 11) is 1.95. The van der Waals surface area contributed by atoms with Crippen molar-refractivity contribution in [2.75, 3.05) is 19.6 Å². The molecule has 0 aliphatic carbocycles. The number of hydrogen-bond acceptors (Lipinski definition) is 4. The van der Waals surface area contributed by atoms with Crippen molar-refractivity contribution in [2.24, 2.45) is 13.0 Å². The molecule has 1 amide bonds. The summed E-state index contributed by atoms with van der Waals surface area (Å²) in [6, 6.07) is -0.0663. The van der Waals surface area contributed by atoms with E-state index in [2.05, 4.69) is 29.0 Å². The van der Waals surface area contributed by atoms with E-state index in [-0.39, 0.29) is 30.1 Å². The van der Waals surface area contributed by atoms with Crippen LogP contribution in [0.3, 0.4) is 0 Å². The molecular formula is C16H28N4O2. The Labute approximate surface area is 132 Å². The topological polar surface area (TPSA) is 59.4 Å². The van der Waals surface area contributed by atoms with Crippen molar-refractivity contribution < 1.29 is 9.53 Å². The number of rotatable bonds is 5. The minimum absolute atomic E-state index is 0.0444. The first-order valence-electron chi connectivity index (χ1n) is 8.01. The summed E-state index contributed by atoms with van der Waals surface area (Å²) in [6.45, 7) is 10.3. The fourth-order valence-corrected chi connectivity index (χ4v) is 3.04. The summed E-state index contributed by atoms with van der Waals surface area (Å²) in [4.78, 5) is 18.9. The second-order valence-electron chi connectivity index (χ2n) is 6.64. The lowest BCUT2D eigenvalue weighted by atomic mass is 10.0. The minimum atomic E-state index is -0.0663. The summed E-state index contributed by atoms with van der Waals surface area (Å²) < 4.78 is 7.67. The monoisotopic (exact) mass is 308 g/mol. The van der Waals surface area contributed by atoms with E-state index in [0.29, 0.717) is 6.54 Å². The van der Waals surface area contributed by atoms with Crippen LogP contribution in [0.1, 0.15) is 39.6 Å². The Hall–Kier alpha value is -1.40. The highest BCUT2D eigenvalue weighted by Crippen LogP contribution is 2.19. The molecule has 6 nitrogen and oxygen atoms in total. The first-order chi connectivity index (χ1) is 10.4. The zero-order valence-electron chi connectivity index (χ0n) is 14.2. The number of morpholine rings is 1. The molecule has 1 N–H and O–H groups in total. The van der Waals surface area contributed by atoms with Crippen molar-refractivity contribution in [3.8, 4) is 0 Å². The number of amides is 1. The van der Waals surface area contributed by atoms with Gasteiger partial charge in [-0.2, -0.15) is 0 Å². The van der Waals surface area contributed by atoms with E-state index in [1.807, 2.05) is 31.7 Å². The van der Waals surface area contributed by atoms with Crippen molar-refractivity contribution in [1.29, 1.82) is 0 Å². The van der Waals surface area contributed by atoms with Crippen LogP contribution in [0.5, 0.6) is 0 Å². The highest BCUT2D eigenvalue weighted by Gasteiger charge is 2.26. The van der Waals surface area contributed by atoms with Gasteiger partial charge in [0.15, 0.2) is 0 Å². The van der Waals surface area contributed by atoms with Crippen LogP contribution in [-0.4, -0.2) is 52.2 Å². The van der Waals surface area contributed by atoms with Gasteiger partial charge in [-0.05, 0) is 19.8 Å². The Morgan fingerprint density at radius 1 is 1.41 bits per heavy atom. The fourth-order valence-electron chi connectivity index (χ4n) is 3.04. The Bertz CT molecular complexity index is 490. The molecule has 6 heteroatoms. The number of imidazole rings is 1. The molecule has 1 saturated heterocycles. The first-order valence-corrected chi connectivity index (χ1v) is 8.01. The molecule has 1 aromatic heterocycles. The average molecular weight is 308 g/mol. The molecule has 0 unspecified atom stereocenters. The van der Waals surface area contributed by atoms with Crippen LogP contribution in [0.2, 0.25) is 0 Å². The maximum Gasteiger partial charge on any atom is 0.234 e. The molecule has 1 fully saturated rings. The van der Waals surface area contributed by atoms with Crippen molar-refractivity contribution in [1.82, 2.24) is 19.8 Å². The molecule has 0 aromatic carbocycles. The summed E-state index contributed by atoms with van der Waals surface area (Å²) in [5.41, 5.74) is 0. The van der Waals surface area contributed by atoms with Crippen LogP contribution in [0.15, 0.2) is 12.4 Å². The Balaban J connectivity index is 1.96. The number of nitrogens with zero attached hydrogens (tertiary/aromatic N) is 3. The number of hydrogen-bond donors (Lipinski definition) is 1. The first kappa shape index (κ1) is 17.0. The number of nitrogens with one attached hydrogen (secondary N) is 1. The SMILES string of the molecule is CC(C)[C@@H](NC(=O)CN1C[C@@H](C)O[C@@H](C)C1)c1nccn1C. The van der Waals surface area contributed by atoms with Crippen molar-refractivity contribution in [2.45, 2.75) is 45.9 Å². The molecule has 0 bridgehead atoms. The number of carbonyl (C=O) groups is 1. The fraction of sp³-hybridized carbons (Fsp3) is 0.750. The highest BCUT2D eigenvalue weighted by atomic mass is 16.5. The van der Waals surface area contributed by atoms with Crippen LogP contribution in [-0.2, 0) is 16.6 Å². The quantitative estimate of drug-likeness (QED) is 0.892. The zero-order valence-corrected chi connectivity index (χ0v) is 14.2. The van der Waals surface area contributed by atoms with Gasteiger partial charge in [-0.15, -0.1) is 0 Å². The van der Waals surface area contributed by atoms with Crippen LogP contribution in [0.4, 0.5) is 0 Å². The number of aryl methyl sites for hydroxylation is 1. The van der Waals surface area contributed by atoms with E-state index in [4.69, 9.17) is 4.74 Å². The summed E-state index contributed by atoms with van der Waals surface area (Å²) >= 11 is 0. The second-order valence-corrected chi connectivity index (χ2v) is 6.64. The molecule has 1 aliphatic heterocycles. The van der Waals surface area contributed by atoms with Crippen LogP contribution in [0, 0.1) is 5.92 Å². The molecule has 22 heavy (non-hydrogen) atoms. The van der Waals surface area contributed by atoms with Gasteiger partial charge in [0.2, 0.25) is 5.91 Å². The zero-order chi connectivity index (χ0) is 16.3. The summed E-state index contributed by atoms with van der Waals surface area (Å²) in [5.74, 6) is 1.22. The largest absolute Gasteiger partial charge is 0.373 e. The smallest absolute Gasteiger partial charge is 0.234 e. The van der Waals surface area contributed by atoms with Gasteiger partial charge in [0, 0.05) is 32.5 Å². The van der Waals surface area contributed by atoms with E-state index in [1.165, 1.54) is 0 Å². The molecule has 0 saturated carbocycles. The van der Waals surface area contributed by atoms with E-state index >= 15 is 0 Å². The lowest BCUT2D eigenvalue weighted by Crippen LogP contribution is -2.49. The average Bonchev–Trinajstić information content (AvgIpc) is 2.80. The highest BCUT2D eigenvalue weighted by molar-refractivity contribution is 5.78. The molecule has 0 spiro atoms. The van der Waals surface area contributed by atoms with Crippen LogP contribution >= 0.6 is 0 Å². The molecular weight excluding hydrogens is 280 g/mol. The van der Waals surface area contributed by atoms with Crippen LogP contribution in [0.25, 0.3) is 0 Å². The molecule has 1 aliphatic rings. The predicted molar refractivity (Wildman–Crippen MR) is 85.4 cm³/mol. The van der Waals surface area contributed by atoms with Gasteiger partial charge in [-0.1, -0.05) is 13.8 Å². The lowest BCUT2D eigenvalue weighted by Gasteiger charge is -2.35. The normalized spacial score (nSPS) is 24.5. The van der Waals surface area contributed by atoms with Gasteiger partial charge < -0.3 is 14.6 Å². The van der Waals surface area contributed by atoms with E-state index < -0.39 is 0 Å². The predicted octanol–water partition coefficient (Wildman–Crippen LogP) is 1.34. The van der Waals surface area contributed by atoms with E-state index in [1.54, 1.807) is 6.20 Å². The third kappa shape index (κ3) is 4.30. The molecule has 3 atom stereocenters. The Kier molecular flexibility index (Phi) is 5.58. The number of aromatic nitrogens is 2. The third-order valence-corrected chi connectivity index (χ3v) is 3.98. The molecule has 2 heterocycles. The van der Waals surface area contributed by atoms with Crippen molar-refractivity contribution in [3.63, 3.8) is 0 Å². The van der Waals surface area contributed by atoms with Gasteiger partial charge in [0.25, 0.3) is 0 Å². The second kappa shape index (κ2) is 7.24. The van der Waals surface area contributed by atoms with Gasteiger partial charge in [0.1, 0.15) is 5.82 Å². The van der Waals surface area contributed by atoms with Crippen molar-refractivity contribution >= 4 is 5.91 Å². The number of ether oxygens (including phenoxy) is 1. The van der Waals surface area contributed by atoms with Gasteiger partial charge in [-0.3, -0.25) is 9.69 Å². The minimum Gasteiger partial charge on any atom is -0.373 e. The Morgan fingerprint density at radius 3 is 2.55 bits per heavy atom. The maximum atomic E-state index is 12.4. The van der Waals surface area contributed by atoms with Gasteiger partial charge in [0.05, 0.1) is 24.8 Å². The van der Waals surface area contributed by atoms with Gasteiger partial charge >= 0.3 is 0 Å². The third-order valence-electron chi connectivity index (χ3n) is 3.98. The molecule has 124 valence electrons. The standard InChI is InChI=1S/C16H28N4O2/c1-11(2)15(16-17-6-7-19(16)5)18-14(21)10-20-8-12(3)22-13(4)9-20/h6-7,11-13,15H,8-10H2,1-5H3,(H,18,21)/t12-,13+,15-/m1/s1. The Morgan fingerprint density at radius 2 is 2.05 bits per heavy atom. The summed E-state index contributed by atoms with van der Waals surface area (Å²) in [6.07, 6.45) is 4.02. The van der Waals surface area contributed by atoms with E-state index in [9.17, 15) is 4.79 Å². The lowest BCUT2D eigenvalue weighted by molar-refractivity contribution is -0.127. The number of carbonyl (C=O) groups excluding carboxylic acids is 1. The van der Waals surface area contributed by atoms with Crippen molar-refractivity contribution in [3.05, 3.63) is 18.2 Å².